The van der Waals surface area contributed by atoms with Gasteiger partial charge >= 0.3 is 154 Å². The first-order chi connectivity index (χ1) is 17.7. The summed E-state index contributed by atoms with van der Waals surface area (Å²) in [5.41, 5.74) is 2.79. The summed E-state index contributed by atoms with van der Waals surface area (Å²) in [7, 11) is -8.74. The molecule has 3 aromatic rings. The van der Waals surface area contributed by atoms with E-state index in [0.29, 0.717) is 33.9 Å². The number of hydrogen-bond donors (Lipinski definition) is 3. The van der Waals surface area contributed by atoms with Crippen LogP contribution >= 0.6 is 0 Å². The van der Waals surface area contributed by atoms with E-state index < -0.39 is 26.1 Å². The molecule has 1 aliphatic rings. The van der Waals surface area contributed by atoms with E-state index in [-0.39, 0.29) is 175 Å². The molecule has 0 aliphatic carbocycles. The second-order valence-electron chi connectivity index (χ2n) is 8.37. The Morgan fingerprint density at radius 1 is 0.829 bits per heavy atom. The maximum atomic E-state index is 13.0. The Morgan fingerprint density at radius 2 is 1.29 bits per heavy atom. The molecule has 1 aromatic heterocycles. The molecule has 0 saturated carbocycles. The van der Waals surface area contributed by atoms with Gasteiger partial charge in [0.2, 0.25) is 5.88 Å². The predicted molar refractivity (Wildman–Crippen MR) is 160 cm³/mol. The molecule has 2 heterocycles. The van der Waals surface area contributed by atoms with Gasteiger partial charge in [0, 0.05) is 0 Å². The minimum absolute atomic E-state index is 0. The van der Waals surface area contributed by atoms with E-state index in [4.69, 9.17) is 9.11 Å². The third-order valence-electron chi connectivity index (χ3n) is 5.75. The topological polar surface area (TPSA) is 179 Å². The van der Waals surface area contributed by atoms with Crippen LogP contribution in [0, 0.1) is 6.92 Å². The van der Waals surface area contributed by atoms with Crippen LogP contribution in [-0.4, -0.2) is 207 Å². The van der Waals surface area contributed by atoms with Crippen LogP contribution in [-0.2, 0) is 25.0 Å². The van der Waals surface area contributed by atoms with Gasteiger partial charge in [-0.3, -0.25) is 13.9 Å². The summed E-state index contributed by atoms with van der Waals surface area (Å²) in [6.07, 6.45) is 3.16. The normalized spacial score (nSPS) is 14.7. The average Bonchev–Trinajstić information content (AvgIpc) is 3.30. The van der Waals surface area contributed by atoms with Crippen LogP contribution in [0.15, 0.2) is 81.1 Å². The molecule has 0 fully saturated rings. The van der Waals surface area contributed by atoms with Gasteiger partial charge < -0.3 is 5.11 Å². The molecule has 0 bridgehead atoms. The van der Waals surface area contributed by atoms with Crippen molar-refractivity contribution in [2.24, 2.45) is 5.10 Å². The molecular weight excluding hydrogens is 654 g/mol. The number of hydrazone groups is 1. The summed E-state index contributed by atoms with van der Waals surface area (Å²) in [5.74, 6) is -0.667. The Bertz CT molecular complexity index is 1770. The van der Waals surface area contributed by atoms with Crippen LogP contribution in [0.4, 0.5) is 5.69 Å². The van der Waals surface area contributed by atoms with Gasteiger partial charge in [-0.2, -0.15) is 32.0 Å². The molecule has 204 valence electrons. The van der Waals surface area contributed by atoms with E-state index in [9.17, 15) is 26.7 Å². The second kappa shape index (κ2) is 15.9. The summed E-state index contributed by atoms with van der Waals surface area (Å²) in [4.78, 5) is 12.4. The Morgan fingerprint density at radius 3 is 1.76 bits per heavy atom. The van der Waals surface area contributed by atoms with Gasteiger partial charge in [-0.05, 0) is 81.0 Å². The first-order valence-electron chi connectivity index (χ1n) is 10.9. The standard InChI is InChI=1S/C24H22N4O8S2.3K.3H/c1-14(22-16(3)26-28(24(22)30)18-7-11-20(12-8-18)38(34,35)36)4-13-21-15(2)25-27(23(21)29)17-5-9-19(10-6-17)37(31,32)33;;;;;;/h4-13,30H,1-3H3,(H,31,32,33)(H,34,35,36);;;;;;. The molecule has 0 saturated heterocycles. The summed E-state index contributed by atoms with van der Waals surface area (Å²) in [5, 5.41) is 20.5. The van der Waals surface area contributed by atoms with E-state index >= 15 is 0 Å². The fourth-order valence-corrected chi connectivity index (χ4v) is 4.81. The quantitative estimate of drug-likeness (QED) is 0.196. The SMILES string of the molecule is CC(=CC=C1C(=O)N(c2ccc(S(=O)(=O)O)cc2)N=C1C)c1c(C)nn(-c2ccc(S(=O)(=O)O)cc2)c1O.[KH].[KH].[KH]. The van der Waals surface area contributed by atoms with Crippen molar-refractivity contribution in [3.63, 3.8) is 0 Å². The Hall–Kier alpha value is 0.799. The molecule has 1 aliphatic heterocycles. The van der Waals surface area contributed by atoms with Crippen molar-refractivity contribution in [1.29, 1.82) is 0 Å². The monoisotopic (exact) mass is 678 g/mol. The Balaban J connectivity index is 0.00000280. The molecule has 0 unspecified atom stereocenters. The number of anilines is 1. The molecule has 12 nitrogen and oxygen atoms in total. The van der Waals surface area contributed by atoms with E-state index in [1.807, 2.05) is 0 Å². The molecule has 1 amide bonds. The molecular formula is C24H25K3N4O8S2. The van der Waals surface area contributed by atoms with Gasteiger partial charge in [0.25, 0.3) is 26.1 Å². The van der Waals surface area contributed by atoms with Crippen molar-refractivity contribution in [2.75, 3.05) is 5.01 Å². The number of aromatic hydroxyl groups is 1. The molecule has 0 atom stereocenters. The van der Waals surface area contributed by atoms with E-state index in [1.54, 1.807) is 32.9 Å². The number of amides is 1. The molecule has 2 aromatic carbocycles. The summed E-state index contributed by atoms with van der Waals surface area (Å²) in [6.45, 7) is 5.02. The summed E-state index contributed by atoms with van der Waals surface area (Å²) < 4.78 is 64.6. The minimum atomic E-state index is -4.37. The van der Waals surface area contributed by atoms with Gasteiger partial charge in [0.15, 0.2) is 0 Å². The average molecular weight is 679 g/mol. The van der Waals surface area contributed by atoms with E-state index in [1.165, 1.54) is 41.1 Å². The summed E-state index contributed by atoms with van der Waals surface area (Å²) >= 11 is 0. The number of benzene rings is 2. The molecule has 3 N–H and O–H groups in total. The first kappa shape index (κ1) is 39.8. The van der Waals surface area contributed by atoms with Crippen LogP contribution in [0.25, 0.3) is 11.3 Å². The van der Waals surface area contributed by atoms with Gasteiger partial charge in [-0.1, -0.05) is 6.08 Å². The zero-order chi connectivity index (χ0) is 28.0. The molecule has 4 rings (SSSR count). The van der Waals surface area contributed by atoms with Crippen LogP contribution in [0.5, 0.6) is 5.88 Å². The van der Waals surface area contributed by atoms with Gasteiger partial charge in [0.1, 0.15) is 0 Å². The van der Waals surface area contributed by atoms with Crippen molar-refractivity contribution in [3.05, 3.63) is 77.5 Å². The summed E-state index contributed by atoms with van der Waals surface area (Å²) in [6, 6.07) is 10.2. The Labute approximate surface area is 365 Å². The number of aryl methyl sites for hydroxylation is 1. The van der Waals surface area contributed by atoms with Crippen molar-refractivity contribution in [2.45, 2.75) is 30.6 Å². The van der Waals surface area contributed by atoms with Gasteiger partial charge in [-0.25, -0.2) is 4.68 Å². The number of carbonyl (C=O) groups is 1. The molecule has 41 heavy (non-hydrogen) atoms. The van der Waals surface area contributed by atoms with E-state index in [0.717, 1.165) is 17.1 Å². The van der Waals surface area contributed by atoms with Crippen LogP contribution in [0.3, 0.4) is 0 Å². The maximum absolute atomic E-state index is 13.0. The number of nitrogens with zero attached hydrogens (tertiary/aromatic N) is 4. The zero-order valence-corrected chi connectivity index (χ0v) is 21.9. The molecule has 17 heteroatoms. The number of allylic oxidation sites excluding steroid dienone is 3. The second-order valence-corrected chi connectivity index (χ2v) is 11.2. The fraction of sp³-hybridized carbons (Fsp3) is 0.125. The van der Waals surface area contributed by atoms with Crippen molar-refractivity contribution >= 4 is 197 Å². The van der Waals surface area contributed by atoms with E-state index in [2.05, 4.69) is 10.2 Å². The van der Waals surface area contributed by atoms with Crippen LogP contribution < -0.4 is 5.01 Å². The van der Waals surface area contributed by atoms with Crippen LogP contribution in [0.2, 0.25) is 0 Å². The van der Waals surface area contributed by atoms with Gasteiger partial charge in [-0.15, -0.1) is 0 Å². The zero-order valence-electron chi connectivity index (χ0n) is 20.3. The van der Waals surface area contributed by atoms with Crippen molar-refractivity contribution < 1.29 is 35.8 Å². The number of rotatable bonds is 6. The fourth-order valence-electron chi connectivity index (χ4n) is 3.85. The number of hydrogen-bond acceptors (Lipinski definition) is 8. The van der Waals surface area contributed by atoms with Crippen molar-refractivity contribution in [1.82, 2.24) is 9.78 Å². The number of aromatic nitrogens is 2. The first-order valence-corrected chi connectivity index (χ1v) is 13.8. The number of carbonyl (C=O) groups excluding carboxylic acids is 1. The third kappa shape index (κ3) is 9.18. The Kier molecular flexibility index (Phi) is 15.4. The predicted octanol–water partition coefficient (Wildman–Crippen LogP) is 1.19. The third-order valence-corrected chi connectivity index (χ3v) is 7.49. The van der Waals surface area contributed by atoms with Gasteiger partial charge in [0.05, 0.1) is 43.7 Å². The van der Waals surface area contributed by atoms with Crippen LogP contribution in [0.1, 0.15) is 25.1 Å². The molecule has 0 spiro atoms. The molecule has 0 radical (unpaired) electrons. The van der Waals surface area contributed by atoms with Crippen molar-refractivity contribution in [3.8, 4) is 11.6 Å².